The van der Waals surface area contributed by atoms with Gasteiger partial charge >= 0.3 is 7.60 Å². The van der Waals surface area contributed by atoms with Crippen molar-refractivity contribution in [1.29, 1.82) is 0 Å². The molecule has 0 saturated carbocycles. The summed E-state index contributed by atoms with van der Waals surface area (Å²) in [5, 5.41) is -0.0137. The molecule has 0 saturated heterocycles. The summed E-state index contributed by atoms with van der Waals surface area (Å²) in [5.74, 6) is 0. The highest BCUT2D eigenvalue weighted by atomic mass is 31.2. The van der Waals surface area contributed by atoms with Crippen LogP contribution in [-0.2, 0) is 4.57 Å². The van der Waals surface area contributed by atoms with Crippen molar-refractivity contribution in [3.05, 3.63) is 85.2 Å². The molecule has 0 aliphatic heterocycles. The summed E-state index contributed by atoms with van der Waals surface area (Å²) in [6.45, 7) is 0. The van der Waals surface area contributed by atoms with E-state index >= 15 is 0 Å². The summed E-state index contributed by atoms with van der Waals surface area (Å²) >= 11 is 0. The highest BCUT2D eigenvalue weighted by Crippen LogP contribution is 2.34. The predicted octanol–water partition coefficient (Wildman–Crippen LogP) is 3.68. The minimum absolute atomic E-state index is 0.0137. The number of pyridine rings is 3. The van der Waals surface area contributed by atoms with Gasteiger partial charge in [-0.15, -0.1) is 0 Å². The second-order valence-electron chi connectivity index (χ2n) is 6.15. The van der Waals surface area contributed by atoms with E-state index in [9.17, 15) is 14.4 Å². The largest absolute Gasteiger partial charge is 0.356 e. The van der Waals surface area contributed by atoms with Crippen molar-refractivity contribution in [1.82, 2.24) is 15.0 Å². The fraction of sp³-hybridized carbons (Fsp3) is 0. The maximum Gasteiger partial charge on any atom is 0.356 e. The number of hydrogen-bond donors (Lipinski definition) is 2. The first-order chi connectivity index (χ1) is 13.5. The zero-order valence-corrected chi connectivity index (χ0v) is 15.6. The summed E-state index contributed by atoms with van der Waals surface area (Å²) in [4.78, 5) is 32.1. The molecule has 0 radical (unpaired) electrons. The molecule has 0 aliphatic carbocycles. The van der Waals surface area contributed by atoms with E-state index in [1.165, 1.54) is 12.1 Å². The number of rotatable bonds is 4. The lowest BCUT2D eigenvalue weighted by Crippen LogP contribution is -2.02. The van der Waals surface area contributed by atoms with Crippen molar-refractivity contribution in [3.63, 3.8) is 0 Å². The number of nitrogens with zero attached hydrogens (tertiary/aromatic N) is 3. The fourth-order valence-corrected chi connectivity index (χ4v) is 3.37. The van der Waals surface area contributed by atoms with Gasteiger partial charge in [0.05, 0.1) is 28.1 Å². The molecule has 6 nitrogen and oxygen atoms in total. The first-order valence-corrected chi connectivity index (χ1v) is 10.1. The van der Waals surface area contributed by atoms with Crippen LogP contribution < -0.4 is 5.30 Å². The molecule has 28 heavy (non-hydrogen) atoms. The summed E-state index contributed by atoms with van der Waals surface area (Å²) in [5.41, 5.74) is 4.51. The van der Waals surface area contributed by atoms with Gasteiger partial charge in [0.1, 0.15) is 0 Å². The first kappa shape index (κ1) is 18.2. The topological polar surface area (TPSA) is 96.2 Å². The monoisotopic (exact) mass is 389 g/mol. The third-order valence-corrected chi connectivity index (χ3v) is 5.19. The van der Waals surface area contributed by atoms with E-state index in [1.807, 2.05) is 48.5 Å². The van der Waals surface area contributed by atoms with Crippen LogP contribution in [0.15, 0.2) is 85.2 Å². The Morgan fingerprint density at radius 3 is 1.61 bits per heavy atom. The summed E-state index contributed by atoms with van der Waals surface area (Å²) in [7, 11) is -4.28. The van der Waals surface area contributed by atoms with Crippen LogP contribution in [0.4, 0.5) is 0 Å². The zero-order chi connectivity index (χ0) is 19.6. The van der Waals surface area contributed by atoms with Gasteiger partial charge in [0.25, 0.3) is 0 Å². The van der Waals surface area contributed by atoms with Gasteiger partial charge in [0.2, 0.25) is 0 Å². The molecular formula is C21H16N3O3P. The van der Waals surface area contributed by atoms with Crippen molar-refractivity contribution in [3.8, 4) is 33.9 Å². The highest BCUT2D eigenvalue weighted by Gasteiger charge is 2.17. The van der Waals surface area contributed by atoms with Gasteiger partial charge in [0.15, 0.2) is 0 Å². The molecule has 4 rings (SSSR count). The molecule has 3 aromatic heterocycles. The smallest absolute Gasteiger partial charge is 0.321 e. The molecule has 138 valence electrons. The molecule has 3 heterocycles. The molecule has 0 amide bonds. The van der Waals surface area contributed by atoms with Gasteiger partial charge in [-0.3, -0.25) is 14.5 Å². The Bertz CT molecular complexity index is 1090. The highest BCUT2D eigenvalue weighted by molar-refractivity contribution is 7.60. The molecule has 0 aliphatic rings. The predicted molar refractivity (Wildman–Crippen MR) is 108 cm³/mol. The molecule has 0 bridgehead atoms. The lowest BCUT2D eigenvalue weighted by Gasteiger charge is -2.10. The molecule has 0 fully saturated rings. The Hall–Kier alpha value is -3.18. The van der Waals surface area contributed by atoms with Crippen molar-refractivity contribution in [2.75, 3.05) is 0 Å². The lowest BCUT2D eigenvalue weighted by molar-refractivity contribution is 0.387. The van der Waals surface area contributed by atoms with Crippen LogP contribution in [0.5, 0.6) is 0 Å². The van der Waals surface area contributed by atoms with E-state index in [0.29, 0.717) is 11.4 Å². The van der Waals surface area contributed by atoms with Crippen molar-refractivity contribution >= 4 is 12.9 Å². The van der Waals surface area contributed by atoms with Crippen LogP contribution >= 0.6 is 7.60 Å². The Labute approximate surface area is 161 Å². The Morgan fingerprint density at radius 1 is 0.643 bits per heavy atom. The van der Waals surface area contributed by atoms with Gasteiger partial charge in [-0.2, -0.15) is 0 Å². The third kappa shape index (κ3) is 3.89. The quantitative estimate of drug-likeness (QED) is 0.517. The minimum Gasteiger partial charge on any atom is -0.321 e. The molecule has 7 heteroatoms. The minimum atomic E-state index is -4.28. The van der Waals surface area contributed by atoms with Crippen LogP contribution in [-0.4, -0.2) is 24.7 Å². The van der Waals surface area contributed by atoms with Gasteiger partial charge in [-0.1, -0.05) is 24.3 Å². The van der Waals surface area contributed by atoms with E-state index in [0.717, 1.165) is 22.5 Å². The van der Waals surface area contributed by atoms with Crippen LogP contribution in [0.25, 0.3) is 33.9 Å². The van der Waals surface area contributed by atoms with Gasteiger partial charge in [-0.25, -0.2) is 4.98 Å². The third-order valence-electron chi connectivity index (χ3n) is 4.22. The first-order valence-electron chi connectivity index (χ1n) is 8.52. The average Bonchev–Trinajstić information content (AvgIpc) is 2.74. The lowest BCUT2D eigenvalue weighted by atomic mass is 10.0. The van der Waals surface area contributed by atoms with Crippen LogP contribution in [0.2, 0.25) is 0 Å². The molecule has 0 spiro atoms. The average molecular weight is 389 g/mol. The molecule has 2 N–H and O–H groups in total. The molecule has 0 unspecified atom stereocenters. The second kappa shape index (κ2) is 7.44. The molecule has 0 atom stereocenters. The van der Waals surface area contributed by atoms with Crippen LogP contribution in [0.3, 0.4) is 0 Å². The number of benzene rings is 1. The molecular weight excluding hydrogens is 373 g/mol. The van der Waals surface area contributed by atoms with E-state index < -0.39 is 7.60 Å². The standard InChI is InChI=1S/C21H16N3O3P/c25-28(26,27)17-9-7-15(8-10-17)16-13-20(18-5-1-3-11-22-18)24-21(14-16)19-6-2-4-12-23-19/h1-14H,(H2,25,26,27). The van der Waals surface area contributed by atoms with Gasteiger partial charge < -0.3 is 9.79 Å². The number of aromatic nitrogens is 3. The molecule has 1 aromatic carbocycles. The normalized spacial score (nSPS) is 11.4. The van der Waals surface area contributed by atoms with Crippen molar-refractivity contribution < 1.29 is 14.4 Å². The van der Waals surface area contributed by atoms with Crippen molar-refractivity contribution in [2.24, 2.45) is 0 Å². The Balaban J connectivity index is 1.86. The SMILES string of the molecule is O=P(O)(O)c1ccc(-c2cc(-c3ccccn3)nc(-c3ccccn3)c2)cc1. The van der Waals surface area contributed by atoms with Crippen molar-refractivity contribution in [2.45, 2.75) is 0 Å². The fourth-order valence-electron chi connectivity index (χ4n) is 2.84. The maximum atomic E-state index is 11.4. The number of hydrogen-bond acceptors (Lipinski definition) is 4. The summed E-state index contributed by atoms with van der Waals surface area (Å²) < 4.78 is 11.4. The molecule has 4 aromatic rings. The summed E-state index contributed by atoms with van der Waals surface area (Å²) in [6, 6.07) is 21.3. The zero-order valence-electron chi connectivity index (χ0n) is 14.7. The second-order valence-corrected chi connectivity index (χ2v) is 7.75. The van der Waals surface area contributed by atoms with Gasteiger partial charge in [0, 0.05) is 12.4 Å². The Kier molecular flexibility index (Phi) is 4.84. The van der Waals surface area contributed by atoms with Crippen LogP contribution in [0, 0.1) is 0 Å². The van der Waals surface area contributed by atoms with E-state index in [1.54, 1.807) is 24.5 Å². The summed E-state index contributed by atoms with van der Waals surface area (Å²) in [6.07, 6.45) is 3.41. The van der Waals surface area contributed by atoms with E-state index in [4.69, 9.17) is 4.98 Å². The Morgan fingerprint density at radius 2 is 1.18 bits per heavy atom. The van der Waals surface area contributed by atoms with Crippen LogP contribution in [0.1, 0.15) is 0 Å². The van der Waals surface area contributed by atoms with E-state index in [-0.39, 0.29) is 5.30 Å². The van der Waals surface area contributed by atoms with Gasteiger partial charge in [-0.05, 0) is 59.7 Å². The van der Waals surface area contributed by atoms with E-state index in [2.05, 4.69) is 9.97 Å². The maximum absolute atomic E-state index is 11.4.